The molecular formula is C18H16FN3O5S. The van der Waals surface area contributed by atoms with Crippen molar-refractivity contribution in [3.8, 4) is 11.4 Å². The zero-order chi connectivity index (χ0) is 20.1. The Kier molecular flexibility index (Phi) is 5.81. The first-order chi connectivity index (χ1) is 13.4. The number of carbonyl (C=O) groups is 1. The fourth-order valence-corrected chi connectivity index (χ4v) is 3.37. The molecule has 0 amide bonds. The Morgan fingerprint density at radius 2 is 1.82 bits per heavy atom. The number of likely N-dealkylation sites (N-methyl/N-ethyl adjacent to an activating group) is 1. The average Bonchev–Trinajstić information content (AvgIpc) is 3.16. The molecule has 0 bridgehead atoms. The van der Waals surface area contributed by atoms with E-state index in [-0.39, 0.29) is 17.4 Å². The maximum atomic E-state index is 13.0. The smallest absolute Gasteiger partial charge is 0.321 e. The maximum Gasteiger partial charge on any atom is 0.321 e. The molecule has 0 spiro atoms. The molecule has 0 saturated carbocycles. The second kappa shape index (κ2) is 8.28. The van der Waals surface area contributed by atoms with Gasteiger partial charge in [-0.1, -0.05) is 35.5 Å². The quantitative estimate of drug-likeness (QED) is 0.556. The Balaban J connectivity index is 1.57. The van der Waals surface area contributed by atoms with Crippen molar-refractivity contribution in [2.75, 3.05) is 13.6 Å². The molecule has 3 rings (SSSR count). The Morgan fingerprint density at radius 1 is 1.14 bits per heavy atom. The lowest BCUT2D eigenvalue weighted by molar-refractivity contribution is -0.145. The molecule has 0 unspecified atom stereocenters. The third kappa shape index (κ3) is 4.59. The topological polar surface area (TPSA) is 103 Å². The number of ether oxygens (including phenoxy) is 1. The van der Waals surface area contributed by atoms with Crippen molar-refractivity contribution >= 4 is 16.0 Å². The zero-order valence-corrected chi connectivity index (χ0v) is 15.6. The standard InChI is InChI=1S/C18H16FN3O5S/c1-22(28(24,25)15-9-7-14(19)8-10-15)11-17(23)26-12-16-20-18(21-27-16)13-5-3-2-4-6-13/h2-10H,11-12H2,1H3. The molecular weight excluding hydrogens is 389 g/mol. The van der Waals surface area contributed by atoms with Gasteiger partial charge < -0.3 is 9.26 Å². The number of aromatic nitrogens is 2. The Morgan fingerprint density at radius 3 is 2.50 bits per heavy atom. The van der Waals surface area contributed by atoms with Crippen LogP contribution in [0.4, 0.5) is 4.39 Å². The highest BCUT2D eigenvalue weighted by molar-refractivity contribution is 7.89. The van der Waals surface area contributed by atoms with Crippen LogP contribution in [0.25, 0.3) is 11.4 Å². The van der Waals surface area contributed by atoms with E-state index in [9.17, 15) is 17.6 Å². The van der Waals surface area contributed by atoms with Crippen LogP contribution in [0.5, 0.6) is 0 Å². The van der Waals surface area contributed by atoms with Crippen molar-refractivity contribution in [1.29, 1.82) is 0 Å². The minimum absolute atomic E-state index is 0.0799. The first-order valence-corrected chi connectivity index (χ1v) is 9.56. The monoisotopic (exact) mass is 405 g/mol. The van der Waals surface area contributed by atoms with E-state index in [1.165, 1.54) is 7.05 Å². The van der Waals surface area contributed by atoms with E-state index in [1.807, 2.05) is 18.2 Å². The predicted octanol–water partition coefficient (Wildman–Crippen LogP) is 2.24. The van der Waals surface area contributed by atoms with Gasteiger partial charge in [-0.15, -0.1) is 0 Å². The molecule has 10 heteroatoms. The highest BCUT2D eigenvalue weighted by Crippen LogP contribution is 2.16. The molecule has 1 aromatic heterocycles. The van der Waals surface area contributed by atoms with E-state index in [4.69, 9.17) is 9.26 Å². The van der Waals surface area contributed by atoms with Crippen LogP contribution in [-0.4, -0.2) is 42.4 Å². The van der Waals surface area contributed by atoms with Gasteiger partial charge in [-0.25, -0.2) is 12.8 Å². The molecule has 28 heavy (non-hydrogen) atoms. The van der Waals surface area contributed by atoms with Crippen molar-refractivity contribution in [3.05, 3.63) is 66.3 Å². The van der Waals surface area contributed by atoms with E-state index < -0.39 is 28.4 Å². The Bertz CT molecular complexity index is 1050. The minimum Gasteiger partial charge on any atom is -0.455 e. The number of carbonyl (C=O) groups excluding carboxylic acids is 1. The van der Waals surface area contributed by atoms with Gasteiger partial charge in [0.1, 0.15) is 12.4 Å². The third-order valence-corrected chi connectivity index (χ3v) is 5.55. The van der Waals surface area contributed by atoms with E-state index >= 15 is 0 Å². The lowest BCUT2D eigenvalue weighted by Crippen LogP contribution is -2.33. The van der Waals surface area contributed by atoms with Crippen molar-refractivity contribution in [2.24, 2.45) is 0 Å². The van der Waals surface area contributed by atoms with E-state index in [0.29, 0.717) is 5.82 Å². The van der Waals surface area contributed by atoms with Crippen LogP contribution in [0.2, 0.25) is 0 Å². The van der Waals surface area contributed by atoms with Crippen LogP contribution in [0.3, 0.4) is 0 Å². The highest BCUT2D eigenvalue weighted by Gasteiger charge is 2.24. The highest BCUT2D eigenvalue weighted by atomic mass is 32.2. The average molecular weight is 405 g/mol. The molecule has 0 aliphatic carbocycles. The Labute approximate surface area is 160 Å². The molecule has 0 radical (unpaired) electrons. The fraction of sp³-hybridized carbons (Fsp3) is 0.167. The number of rotatable bonds is 7. The molecule has 0 N–H and O–H groups in total. The summed E-state index contributed by atoms with van der Waals surface area (Å²) in [4.78, 5) is 15.9. The number of esters is 1. The summed E-state index contributed by atoms with van der Waals surface area (Å²) in [6.45, 7) is -0.817. The molecule has 1 heterocycles. The lowest BCUT2D eigenvalue weighted by Gasteiger charge is -2.16. The summed E-state index contributed by atoms with van der Waals surface area (Å²) in [6, 6.07) is 13.4. The van der Waals surface area contributed by atoms with Crippen LogP contribution < -0.4 is 0 Å². The predicted molar refractivity (Wildman–Crippen MR) is 95.7 cm³/mol. The molecule has 8 nitrogen and oxygen atoms in total. The van der Waals surface area contributed by atoms with Crippen molar-refractivity contribution in [1.82, 2.24) is 14.4 Å². The van der Waals surface area contributed by atoms with Crippen LogP contribution in [0.15, 0.2) is 64.0 Å². The second-order valence-electron chi connectivity index (χ2n) is 5.75. The summed E-state index contributed by atoms with van der Waals surface area (Å²) in [5, 5.41) is 3.80. The summed E-state index contributed by atoms with van der Waals surface area (Å²) < 4.78 is 48.5. The normalized spacial score (nSPS) is 11.5. The van der Waals surface area contributed by atoms with Gasteiger partial charge in [-0.2, -0.15) is 9.29 Å². The molecule has 0 aliphatic heterocycles. The number of hydrogen-bond donors (Lipinski definition) is 0. The molecule has 3 aromatic rings. The lowest BCUT2D eigenvalue weighted by atomic mass is 10.2. The largest absolute Gasteiger partial charge is 0.455 e. The van der Waals surface area contributed by atoms with E-state index in [1.54, 1.807) is 12.1 Å². The van der Waals surface area contributed by atoms with E-state index in [2.05, 4.69) is 10.1 Å². The van der Waals surface area contributed by atoms with Gasteiger partial charge in [0.05, 0.1) is 4.90 Å². The van der Waals surface area contributed by atoms with Crippen molar-refractivity contribution < 1.29 is 26.9 Å². The molecule has 0 atom stereocenters. The summed E-state index contributed by atoms with van der Waals surface area (Å²) in [7, 11) is -2.73. The van der Waals surface area contributed by atoms with Crippen molar-refractivity contribution in [3.63, 3.8) is 0 Å². The van der Waals surface area contributed by atoms with Gasteiger partial charge in [0.15, 0.2) is 6.61 Å². The van der Waals surface area contributed by atoms with Gasteiger partial charge in [0.2, 0.25) is 15.8 Å². The van der Waals surface area contributed by atoms with Gasteiger partial charge >= 0.3 is 5.97 Å². The number of halogens is 1. The van der Waals surface area contributed by atoms with Crippen LogP contribution in [0.1, 0.15) is 5.89 Å². The molecule has 0 fully saturated rings. The molecule has 2 aromatic carbocycles. The first-order valence-electron chi connectivity index (χ1n) is 8.12. The summed E-state index contributed by atoms with van der Waals surface area (Å²) >= 11 is 0. The van der Waals surface area contributed by atoms with Gasteiger partial charge in [-0.05, 0) is 24.3 Å². The first kappa shape index (κ1) is 19.6. The summed E-state index contributed by atoms with van der Waals surface area (Å²) in [6.07, 6.45) is 0. The van der Waals surface area contributed by atoms with Gasteiger partial charge in [0.25, 0.3) is 5.89 Å². The third-order valence-electron chi connectivity index (χ3n) is 3.73. The summed E-state index contributed by atoms with van der Waals surface area (Å²) in [5.74, 6) is -0.929. The molecule has 146 valence electrons. The van der Waals surface area contributed by atoms with Crippen molar-refractivity contribution in [2.45, 2.75) is 11.5 Å². The fourth-order valence-electron chi connectivity index (χ4n) is 2.26. The van der Waals surface area contributed by atoms with Crippen LogP contribution >= 0.6 is 0 Å². The number of nitrogens with zero attached hydrogens (tertiary/aromatic N) is 3. The SMILES string of the molecule is CN(CC(=O)OCc1nc(-c2ccccc2)no1)S(=O)(=O)c1ccc(F)cc1. The van der Waals surface area contributed by atoms with Crippen LogP contribution in [0, 0.1) is 5.82 Å². The molecule has 0 saturated heterocycles. The number of hydrogen-bond acceptors (Lipinski definition) is 7. The summed E-state index contributed by atoms with van der Waals surface area (Å²) in [5.41, 5.74) is 0.744. The number of benzene rings is 2. The molecule has 0 aliphatic rings. The van der Waals surface area contributed by atoms with Crippen LogP contribution in [-0.2, 0) is 26.2 Å². The number of sulfonamides is 1. The van der Waals surface area contributed by atoms with E-state index in [0.717, 1.165) is 34.1 Å². The van der Waals surface area contributed by atoms with Gasteiger partial charge in [-0.3, -0.25) is 4.79 Å². The Hall–Kier alpha value is -3.11. The second-order valence-corrected chi connectivity index (χ2v) is 7.80. The van der Waals surface area contributed by atoms with Gasteiger partial charge in [0, 0.05) is 12.6 Å². The maximum absolute atomic E-state index is 13.0. The minimum atomic E-state index is -3.95. The zero-order valence-electron chi connectivity index (χ0n) is 14.8.